The summed E-state index contributed by atoms with van der Waals surface area (Å²) < 4.78 is 5.37. The van der Waals surface area contributed by atoms with Crippen LogP contribution in [0.5, 0.6) is 5.75 Å². The first-order chi connectivity index (χ1) is 9.45. The highest BCUT2D eigenvalue weighted by Crippen LogP contribution is 2.30. The molecule has 2 rings (SSSR count). The lowest BCUT2D eigenvalue weighted by atomic mass is 9.92. The Morgan fingerprint density at radius 3 is 2.45 bits per heavy atom. The molecule has 0 atom stereocenters. The number of para-hydroxylation sites is 1. The number of hydrogen-bond acceptors (Lipinski definition) is 5. The fourth-order valence-electron chi connectivity index (χ4n) is 1.86. The number of hydrazine groups is 1. The summed E-state index contributed by atoms with van der Waals surface area (Å²) in [6, 6.07) is 9.52. The van der Waals surface area contributed by atoms with Crippen molar-refractivity contribution in [2.24, 2.45) is 5.84 Å². The van der Waals surface area contributed by atoms with E-state index in [2.05, 4.69) is 36.2 Å². The number of aromatic nitrogens is 2. The van der Waals surface area contributed by atoms with Gasteiger partial charge in [-0.2, -0.15) is 0 Å². The summed E-state index contributed by atoms with van der Waals surface area (Å²) >= 11 is 0. The molecule has 5 nitrogen and oxygen atoms in total. The molecule has 1 aromatic carbocycles. The van der Waals surface area contributed by atoms with Crippen LogP contribution in [0.1, 0.15) is 26.5 Å². The maximum absolute atomic E-state index is 5.51. The molecule has 0 bridgehead atoms. The summed E-state index contributed by atoms with van der Waals surface area (Å²) in [5, 5.41) is 0. The van der Waals surface area contributed by atoms with Gasteiger partial charge in [-0.05, 0) is 12.1 Å². The van der Waals surface area contributed by atoms with Crippen molar-refractivity contribution >= 4 is 5.82 Å². The average molecular weight is 272 g/mol. The fourth-order valence-corrected chi connectivity index (χ4v) is 1.86. The van der Waals surface area contributed by atoms with Crippen molar-refractivity contribution in [1.82, 2.24) is 9.97 Å². The Bertz CT molecular complexity index is 605. The highest BCUT2D eigenvalue weighted by Gasteiger charge is 2.19. The van der Waals surface area contributed by atoms with Gasteiger partial charge in [0, 0.05) is 11.5 Å². The van der Waals surface area contributed by atoms with E-state index in [1.807, 2.05) is 30.3 Å². The molecule has 3 N–H and O–H groups in total. The van der Waals surface area contributed by atoms with E-state index in [1.54, 1.807) is 7.11 Å². The second-order valence-electron chi connectivity index (χ2n) is 5.56. The largest absolute Gasteiger partial charge is 0.496 e. The first-order valence-corrected chi connectivity index (χ1v) is 6.45. The highest BCUT2D eigenvalue weighted by molar-refractivity contribution is 5.65. The van der Waals surface area contributed by atoms with E-state index in [1.165, 1.54) is 0 Å². The van der Waals surface area contributed by atoms with Gasteiger partial charge in [0.25, 0.3) is 0 Å². The smallest absolute Gasteiger partial charge is 0.165 e. The summed E-state index contributed by atoms with van der Waals surface area (Å²) in [5.74, 6) is 7.43. The van der Waals surface area contributed by atoms with Gasteiger partial charge in [0.1, 0.15) is 11.6 Å². The van der Waals surface area contributed by atoms with Gasteiger partial charge in [0.2, 0.25) is 0 Å². The molecule has 0 radical (unpaired) electrons. The van der Waals surface area contributed by atoms with Gasteiger partial charge >= 0.3 is 0 Å². The molecule has 20 heavy (non-hydrogen) atoms. The molecule has 0 fully saturated rings. The van der Waals surface area contributed by atoms with E-state index in [4.69, 9.17) is 10.6 Å². The fraction of sp³-hybridized carbons (Fsp3) is 0.333. The van der Waals surface area contributed by atoms with Crippen molar-refractivity contribution in [2.75, 3.05) is 12.5 Å². The lowest BCUT2D eigenvalue weighted by molar-refractivity contribution is 0.416. The number of anilines is 1. The number of benzene rings is 1. The van der Waals surface area contributed by atoms with E-state index in [-0.39, 0.29) is 5.41 Å². The molecule has 0 amide bonds. The van der Waals surface area contributed by atoms with Crippen molar-refractivity contribution in [2.45, 2.75) is 26.2 Å². The third kappa shape index (κ3) is 2.88. The number of nitrogens with one attached hydrogen (secondary N) is 1. The van der Waals surface area contributed by atoms with Gasteiger partial charge in [-0.15, -0.1) is 0 Å². The number of nitrogen functional groups attached to an aromatic ring is 1. The van der Waals surface area contributed by atoms with Crippen LogP contribution < -0.4 is 16.0 Å². The van der Waals surface area contributed by atoms with Gasteiger partial charge in [0.05, 0.1) is 18.4 Å². The number of ether oxygens (including phenoxy) is 1. The second-order valence-corrected chi connectivity index (χ2v) is 5.56. The predicted molar refractivity (Wildman–Crippen MR) is 80.5 cm³/mol. The zero-order chi connectivity index (χ0) is 14.8. The van der Waals surface area contributed by atoms with Crippen LogP contribution in [0.3, 0.4) is 0 Å². The molecule has 0 saturated heterocycles. The quantitative estimate of drug-likeness (QED) is 0.664. The van der Waals surface area contributed by atoms with Crippen LogP contribution in [0, 0.1) is 0 Å². The number of nitrogens with zero attached hydrogens (tertiary/aromatic N) is 2. The van der Waals surface area contributed by atoms with E-state index < -0.39 is 0 Å². The third-order valence-electron chi connectivity index (χ3n) is 2.99. The molecule has 1 aromatic heterocycles. The molecule has 0 saturated carbocycles. The van der Waals surface area contributed by atoms with Gasteiger partial charge in [0.15, 0.2) is 5.82 Å². The average Bonchev–Trinajstić information content (AvgIpc) is 2.45. The van der Waals surface area contributed by atoms with Crippen molar-refractivity contribution in [3.8, 4) is 17.1 Å². The highest BCUT2D eigenvalue weighted by atomic mass is 16.5. The van der Waals surface area contributed by atoms with Gasteiger partial charge in [-0.1, -0.05) is 32.9 Å². The van der Waals surface area contributed by atoms with Crippen molar-refractivity contribution in [3.05, 3.63) is 36.0 Å². The Kier molecular flexibility index (Phi) is 3.90. The molecule has 5 heteroatoms. The third-order valence-corrected chi connectivity index (χ3v) is 2.99. The normalized spacial score (nSPS) is 11.2. The molecular formula is C15H20N4O. The van der Waals surface area contributed by atoms with Crippen molar-refractivity contribution in [3.63, 3.8) is 0 Å². The Balaban J connectivity index is 2.62. The van der Waals surface area contributed by atoms with Crippen LogP contribution in [-0.4, -0.2) is 17.1 Å². The molecule has 2 aromatic rings. The van der Waals surface area contributed by atoms with E-state index in [9.17, 15) is 0 Å². The molecule has 1 heterocycles. The van der Waals surface area contributed by atoms with Gasteiger partial charge < -0.3 is 10.2 Å². The lowest BCUT2D eigenvalue weighted by Crippen LogP contribution is -2.17. The van der Waals surface area contributed by atoms with Crippen molar-refractivity contribution in [1.29, 1.82) is 0 Å². The van der Waals surface area contributed by atoms with E-state index in [0.717, 1.165) is 17.0 Å². The molecule has 106 valence electrons. The zero-order valence-corrected chi connectivity index (χ0v) is 12.3. The van der Waals surface area contributed by atoms with Crippen LogP contribution in [0.15, 0.2) is 30.3 Å². The van der Waals surface area contributed by atoms with Gasteiger partial charge in [-0.3, -0.25) is 0 Å². The monoisotopic (exact) mass is 272 g/mol. The topological polar surface area (TPSA) is 73.1 Å². The van der Waals surface area contributed by atoms with Crippen LogP contribution in [0.2, 0.25) is 0 Å². The number of nitrogens with two attached hydrogens (primary N) is 1. The summed E-state index contributed by atoms with van der Waals surface area (Å²) in [6.07, 6.45) is 0. The maximum Gasteiger partial charge on any atom is 0.165 e. The van der Waals surface area contributed by atoms with Crippen LogP contribution >= 0.6 is 0 Å². The van der Waals surface area contributed by atoms with Crippen LogP contribution in [0.25, 0.3) is 11.4 Å². The Labute approximate surface area is 119 Å². The summed E-state index contributed by atoms with van der Waals surface area (Å²) in [5.41, 5.74) is 4.27. The zero-order valence-electron chi connectivity index (χ0n) is 12.3. The molecule has 0 spiro atoms. The van der Waals surface area contributed by atoms with Crippen molar-refractivity contribution < 1.29 is 4.74 Å². The van der Waals surface area contributed by atoms with E-state index >= 15 is 0 Å². The molecule has 0 aliphatic rings. The number of hydrogen-bond donors (Lipinski definition) is 2. The first-order valence-electron chi connectivity index (χ1n) is 6.45. The molecular weight excluding hydrogens is 252 g/mol. The Morgan fingerprint density at radius 1 is 1.15 bits per heavy atom. The standard InChI is InChI=1S/C15H20N4O/c1-15(2,3)12-9-13(19-16)18-14(17-12)10-7-5-6-8-11(10)20-4/h5-9H,16H2,1-4H3,(H,17,18,19). The Morgan fingerprint density at radius 2 is 1.85 bits per heavy atom. The minimum Gasteiger partial charge on any atom is -0.496 e. The molecule has 0 aliphatic carbocycles. The number of methoxy groups -OCH3 is 1. The SMILES string of the molecule is COc1ccccc1-c1nc(NN)cc(C(C)(C)C)n1. The lowest BCUT2D eigenvalue weighted by Gasteiger charge is -2.19. The van der Waals surface area contributed by atoms with E-state index in [0.29, 0.717) is 11.6 Å². The predicted octanol–water partition coefficient (Wildman–Crippen LogP) is 2.74. The minimum absolute atomic E-state index is 0.0920. The van der Waals surface area contributed by atoms with Crippen LogP contribution in [0.4, 0.5) is 5.82 Å². The number of rotatable bonds is 3. The summed E-state index contributed by atoms with van der Waals surface area (Å²) in [7, 11) is 1.63. The summed E-state index contributed by atoms with van der Waals surface area (Å²) in [6.45, 7) is 6.30. The van der Waals surface area contributed by atoms with Crippen LogP contribution in [-0.2, 0) is 5.41 Å². The first kappa shape index (κ1) is 14.3. The Hall–Kier alpha value is -2.14. The maximum atomic E-state index is 5.51. The second kappa shape index (κ2) is 5.46. The molecule has 0 unspecified atom stereocenters. The molecule has 0 aliphatic heterocycles. The summed E-state index contributed by atoms with van der Waals surface area (Å²) in [4.78, 5) is 9.06. The van der Waals surface area contributed by atoms with Gasteiger partial charge in [-0.25, -0.2) is 15.8 Å². The minimum atomic E-state index is -0.0920.